The minimum Gasteiger partial charge on any atom is -0.506 e. The number of nitrogens with zero attached hydrogens (tertiary/aromatic N) is 4. The molecular weight excluding hydrogens is 252 g/mol. The maximum atomic E-state index is 9.52. The predicted octanol–water partition coefficient (Wildman–Crippen LogP) is 2.40. The highest BCUT2D eigenvalue weighted by Gasteiger charge is 2.09. The second-order valence-electron chi connectivity index (χ2n) is 4.61. The summed E-state index contributed by atoms with van der Waals surface area (Å²) in [6.45, 7) is 2.55. The number of pyridine rings is 1. The van der Waals surface area contributed by atoms with Gasteiger partial charge in [0.25, 0.3) is 0 Å². The molecule has 2 heterocycles. The summed E-state index contributed by atoms with van der Waals surface area (Å²) in [6.07, 6.45) is 3.28. The SMILES string of the molecule is Cc1ncc(O)cc1-c1cn(Cc2ccccc2)nn1. The van der Waals surface area contributed by atoms with Crippen molar-refractivity contribution < 1.29 is 5.11 Å². The molecule has 0 bridgehead atoms. The normalized spacial score (nSPS) is 10.7. The Bertz CT molecular complexity index is 722. The van der Waals surface area contributed by atoms with Crippen LogP contribution in [0.15, 0.2) is 48.8 Å². The Kier molecular flexibility index (Phi) is 3.16. The molecule has 0 fully saturated rings. The molecule has 0 aliphatic rings. The van der Waals surface area contributed by atoms with Gasteiger partial charge in [0.2, 0.25) is 0 Å². The summed E-state index contributed by atoms with van der Waals surface area (Å²) in [4.78, 5) is 4.12. The average Bonchev–Trinajstić information content (AvgIpc) is 2.91. The second-order valence-corrected chi connectivity index (χ2v) is 4.61. The third kappa shape index (κ3) is 2.51. The molecule has 0 unspecified atom stereocenters. The van der Waals surface area contributed by atoms with Gasteiger partial charge in [0, 0.05) is 11.3 Å². The first-order valence-corrected chi connectivity index (χ1v) is 6.32. The molecule has 1 N–H and O–H groups in total. The minimum atomic E-state index is 0.128. The second kappa shape index (κ2) is 5.13. The fraction of sp³-hybridized carbons (Fsp3) is 0.133. The van der Waals surface area contributed by atoms with Crippen molar-refractivity contribution in [1.29, 1.82) is 0 Å². The van der Waals surface area contributed by atoms with E-state index in [4.69, 9.17) is 0 Å². The van der Waals surface area contributed by atoms with E-state index in [1.165, 1.54) is 6.20 Å². The molecule has 2 aromatic heterocycles. The summed E-state index contributed by atoms with van der Waals surface area (Å²) < 4.78 is 1.77. The molecule has 0 aliphatic heterocycles. The zero-order valence-electron chi connectivity index (χ0n) is 11.1. The van der Waals surface area contributed by atoms with Crippen LogP contribution in [0.1, 0.15) is 11.3 Å². The lowest BCUT2D eigenvalue weighted by Gasteiger charge is -2.01. The fourth-order valence-corrected chi connectivity index (χ4v) is 2.05. The van der Waals surface area contributed by atoms with Crippen LogP contribution in [0.2, 0.25) is 0 Å². The predicted molar refractivity (Wildman–Crippen MR) is 75.2 cm³/mol. The Morgan fingerprint density at radius 2 is 2.00 bits per heavy atom. The van der Waals surface area contributed by atoms with Gasteiger partial charge >= 0.3 is 0 Å². The van der Waals surface area contributed by atoms with Crippen LogP contribution < -0.4 is 0 Å². The Hall–Kier alpha value is -2.69. The van der Waals surface area contributed by atoms with Gasteiger partial charge in [-0.05, 0) is 18.6 Å². The number of rotatable bonds is 3. The highest BCUT2D eigenvalue weighted by Crippen LogP contribution is 2.23. The maximum Gasteiger partial charge on any atom is 0.134 e. The van der Waals surface area contributed by atoms with Crippen LogP contribution in [0.5, 0.6) is 5.75 Å². The van der Waals surface area contributed by atoms with Gasteiger partial charge in [-0.25, -0.2) is 4.68 Å². The maximum absolute atomic E-state index is 9.52. The zero-order chi connectivity index (χ0) is 13.9. The van der Waals surface area contributed by atoms with Crippen molar-refractivity contribution in [2.45, 2.75) is 13.5 Å². The molecule has 3 rings (SSSR count). The van der Waals surface area contributed by atoms with E-state index in [2.05, 4.69) is 15.3 Å². The lowest BCUT2D eigenvalue weighted by Crippen LogP contribution is -1.99. The van der Waals surface area contributed by atoms with E-state index >= 15 is 0 Å². The Morgan fingerprint density at radius 3 is 2.80 bits per heavy atom. The Balaban J connectivity index is 1.88. The summed E-state index contributed by atoms with van der Waals surface area (Å²) in [5.41, 5.74) is 3.48. The van der Waals surface area contributed by atoms with E-state index in [-0.39, 0.29) is 5.75 Å². The summed E-state index contributed by atoms with van der Waals surface area (Å²) >= 11 is 0. The third-order valence-corrected chi connectivity index (χ3v) is 3.07. The summed E-state index contributed by atoms with van der Waals surface area (Å²) in [5, 5.41) is 17.8. The molecule has 0 radical (unpaired) electrons. The number of hydrogen-bond acceptors (Lipinski definition) is 4. The van der Waals surface area contributed by atoms with Crippen molar-refractivity contribution >= 4 is 0 Å². The fourth-order valence-electron chi connectivity index (χ4n) is 2.05. The summed E-state index contributed by atoms with van der Waals surface area (Å²) in [7, 11) is 0. The van der Waals surface area contributed by atoms with E-state index < -0.39 is 0 Å². The molecule has 1 aromatic carbocycles. The quantitative estimate of drug-likeness (QED) is 0.790. The van der Waals surface area contributed by atoms with Gasteiger partial charge in [0.15, 0.2) is 0 Å². The number of aryl methyl sites for hydroxylation is 1. The van der Waals surface area contributed by atoms with Gasteiger partial charge in [-0.3, -0.25) is 4.98 Å². The van der Waals surface area contributed by atoms with E-state index in [0.29, 0.717) is 12.2 Å². The van der Waals surface area contributed by atoms with Gasteiger partial charge in [-0.15, -0.1) is 5.10 Å². The third-order valence-electron chi connectivity index (χ3n) is 3.07. The van der Waals surface area contributed by atoms with E-state index in [9.17, 15) is 5.11 Å². The molecule has 0 saturated heterocycles. The molecule has 0 amide bonds. The lowest BCUT2D eigenvalue weighted by atomic mass is 10.1. The molecule has 0 spiro atoms. The Labute approximate surface area is 116 Å². The topological polar surface area (TPSA) is 63.8 Å². The van der Waals surface area contributed by atoms with Crippen molar-refractivity contribution in [3.63, 3.8) is 0 Å². The van der Waals surface area contributed by atoms with Crippen molar-refractivity contribution in [1.82, 2.24) is 20.0 Å². The van der Waals surface area contributed by atoms with Crippen LogP contribution in [0.25, 0.3) is 11.3 Å². The number of hydrogen-bond donors (Lipinski definition) is 1. The van der Waals surface area contributed by atoms with Crippen LogP contribution in [0.3, 0.4) is 0 Å². The first-order chi connectivity index (χ1) is 9.72. The van der Waals surface area contributed by atoms with Crippen molar-refractivity contribution in [2.24, 2.45) is 0 Å². The average molecular weight is 266 g/mol. The van der Waals surface area contributed by atoms with Crippen LogP contribution in [0, 0.1) is 6.92 Å². The van der Waals surface area contributed by atoms with Crippen molar-refractivity contribution in [2.75, 3.05) is 0 Å². The van der Waals surface area contributed by atoms with E-state index in [0.717, 1.165) is 16.8 Å². The standard InChI is InChI=1S/C15H14N4O/c1-11-14(7-13(20)8-16-11)15-10-19(18-17-15)9-12-5-3-2-4-6-12/h2-8,10,20H,9H2,1H3. The highest BCUT2D eigenvalue weighted by molar-refractivity contribution is 5.62. The van der Waals surface area contributed by atoms with Crippen LogP contribution in [-0.4, -0.2) is 25.1 Å². The van der Waals surface area contributed by atoms with Crippen LogP contribution >= 0.6 is 0 Å². The largest absolute Gasteiger partial charge is 0.506 e. The molecule has 0 atom stereocenters. The molecule has 5 nitrogen and oxygen atoms in total. The molecular formula is C15H14N4O. The van der Waals surface area contributed by atoms with Gasteiger partial charge < -0.3 is 5.11 Å². The van der Waals surface area contributed by atoms with Crippen LogP contribution in [0.4, 0.5) is 0 Å². The number of benzene rings is 1. The minimum absolute atomic E-state index is 0.128. The van der Waals surface area contributed by atoms with Gasteiger partial charge in [-0.2, -0.15) is 0 Å². The molecule has 0 aliphatic carbocycles. The van der Waals surface area contributed by atoms with Crippen molar-refractivity contribution in [3.05, 3.63) is 60.0 Å². The first kappa shape index (κ1) is 12.3. The molecule has 0 saturated carbocycles. The zero-order valence-corrected chi connectivity index (χ0v) is 11.1. The van der Waals surface area contributed by atoms with Crippen molar-refractivity contribution in [3.8, 4) is 17.0 Å². The first-order valence-electron chi connectivity index (χ1n) is 6.32. The molecule has 20 heavy (non-hydrogen) atoms. The summed E-state index contributed by atoms with van der Waals surface area (Å²) in [6, 6.07) is 11.7. The monoisotopic (exact) mass is 266 g/mol. The van der Waals surface area contributed by atoms with Gasteiger partial charge in [0.05, 0.1) is 18.9 Å². The van der Waals surface area contributed by atoms with Gasteiger partial charge in [-0.1, -0.05) is 35.5 Å². The summed E-state index contributed by atoms with van der Waals surface area (Å²) in [5.74, 6) is 0.128. The van der Waals surface area contributed by atoms with E-state index in [1.807, 2.05) is 43.5 Å². The number of aromatic hydroxyl groups is 1. The van der Waals surface area contributed by atoms with E-state index in [1.54, 1.807) is 10.7 Å². The Morgan fingerprint density at radius 1 is 1.20 bits per heavy atom. The highest BCUT2D eigenvalue weighted by atomic mass is 16.3. The molecule has 3 aromatic rings. The van der Waals surface area contributed by atoms with Gasteiger partial charge in [0.1, 0.15) is 11.4 Å². The van der Waals surface area contributed by atoms with Crippen LogP contribution in [-0.2, 0) is 6.54 Å². The molecule has 100 valence electrons. The number of aromatic nitrogens is 4. The smallest absolute Gasteiger partial charge is 0.134 e. The molecule has 5 heteroatoms. The lowest BCUT2D eigenvalue weighted by molar-refractivity contribution is 0.472.